The van der Waals surface area contributed by atoms with Crippen molar-refractivity contribution in [3.8, 4) is 5.75 Å². The number of likely N-dealkylation sites (tertiary alicyclic amines) is 1. The first-order chi connectivity index (χ1) is 9.49. The van der Waals surface area contributed by atoms with Crippen LogP contribution >= 0.6 is 12.4 Å². The number of hydrogen-bond acceptors (Lipinski definition) is 3. The van der Waals surface area contributed by atoms with Gasteiger partial charge < -0.3 is 15.3 Å². The second-order valence-corrected chi connectivity index (χ2v) is 5.27. The van der Waals surface area contributed by atoms with Gasteiger partial charge in [0.05, 0.1) is 5.56 Å². The third-order valence-corrected chi connectivity index (χ3v) is 4.04. The summed E-state index contributed by atoms with van der Waals surface area (Å²) in [5.41, 5.74) is -0.630. The van der Waals surface area contributed by atoms with E-state index in [0.717, 1.165) is 13.1 Å². The van der Waals surface area contributed by atoms with E-state index >= 15 is 0 Å². The Balaban J connectivity index is 0.00000161. The number of fused-ring (bicyclic) bond motifs is 1. The van der Waals surface area contributed by atoms with Gasteiger partial charge in [-0.05, 0) is 17.9 Å². The smallest absolute Gasteiger partial charge is 0.257 e. The van der Waals surface area contributed by atoms with E-state index in [1.54, 1.807) is 0 Å². The average molecular weight is 323 g/mol. The third kappa shape index (κ3) is 2.55. The zero-order chi connectivity index (χ0) is 14.4. The molecule has 1 aromatic carbocycles. The molecule has 2 heterocycles. The van der Waals surface area contributed by atoms with E-state index in [2.05, 4.69) is 5.32 Å². The first kappa shape index (κ1) is 15.9. The molecule has 0 aliphatic carbocycles. The van der Waals surface area contributed by atoms with Crippen molar-refractivity contribution in [1.29, 1.82) is 0 Å². The summed E-state index contributed by atoms with van der Waals surface area (Å²) in [6.45, 7) is 2.49. The molecule has 0 spiro atoms. The monoisotopic (exact) mass is 322 g/mol. The van der Waals surface area contributed by atoms with Gasteiger partial charge in [-0.15, -0.1) is 12.4 Å². The van der Waals surface area contributed by atoms with Crippen molar-refractivity contribution < 1.29 is 23.1 Å². The molecule has 0 saturated carbocycles. The second kappa shape index (κ2) is 5.73. The molecular weight excluding hydrogens is 309 g/mol. The molecule has 0 bridgehead atoms. The summed E-state index contributed by atoms with van der Waals surface area (Å²) in [5, 5.41) is 12.3. The van der Waals surface area contributed by atoms with Gasteiger partial charge in [0.15, 0.2) is 17.4 Å². The van der Waals surface area contributed by atoms with Gasteiger partial charge in [-0.1, -0.05) is 0 Å². The van der Waals surface area contributed by atoms with E-state index in [0.29, 0.717) is 31.0 Å². The van der Waals surface area contributed by atoms with Crippen LogP contribution in [0.5, 0.6) is 5.75 Å². The Morgan fingerprint density at radius 2 is 1.76 bits per heavy atom. The molecule has 2 aliphatic heterocycles. The van der Waals surface area contributed by atoms with Gasteiger partial charge in [0.1, 0.15) is 0 Å². The predicted octanol–water partition coefficient (Wildman–Crippen LogP) is 1.52. The van der Waals surface area contributed by atoms with Crippen LogP contribution in [0.4, 0.5) is 13.2 Å². The molecule has 1 aromatic rings. The van der Waals surface area contributed by atoms with Crippen LogP contribution in [-0.4, -0.2) is 42.1 Å². The summed E-state index contributed by atoms with van der Waals surface area (Å²) < 4.78 is 39.9. The molecule has 0 radical (unpaired) electrons. The Morgan fingerprint density at radius 3 is 2.33 bits per heavy atom. The van der Waals surface area contributed by atoms with Gasteiger partial charge >= 0.3 is 0 Å². The van der Waals surface area contributed by atoms with Crippen LogP contribution in [0.2, 0.25) is 0 Å². The number of phenolic OH excluding ortho intramolecular Hbond substituents is 1. The number of benzene rings is 1. The van der Waals surface area contributed by atoms with Crippen molar-refractivity contribution in [1.82, 2.24) is 10.2 Å². The van der Waals surface area contributed by atoms with Crippen LogP contribution < -0.4 is 5.32 Å². The number of nitrogens with zero attached hydrogens (tertiary/aromatic N) is 1. The lowest BCUT2D eigenvalue weighted by Crippen LogP contribution is -2.32. The van der Waals surface area contributed by atoms with Crippen LogP contribution in [0.25, 0.3) is 0 Å². The van der Waals surface area contributed by atoms with Gasteiger partial charge in [0, 0.05) is 26.2 Å². The fourth-order valence-electron chi connectivity index (χ4n) is 2.94. The summed E-state index contributed by atoms with van der Waals surface area (Å²) >= 11 is 0. The molecule has 21 heavy (non-hydrogen) atoms. The highest BCUT2D eigenvalue weighted by atomic mass is 35.5. The van der Waals surface area contributed by atoms with Crippen LogP contribution in [0, 0.1) is 29.3 Å². The van der Waals surface area contributed by atoms with Crippen LogP contribution in [-0.2, 0) is 0 Å². The van der Waals surface area contributed by atoms with Crippen LogP contribution in [0.15, 0.2) is 6.07 Å². The molecule has 2 aliphatic rings. The second-order valence-electron chi connectivity index (χ2n) is 5.27. The maximum absolute atomic E-state index is 13.7. The zero-order valence-corrected chi connectivity index (χ0v) is 11.7. The lowest BCUT2D eigenvalue weighted by molar-refractivity contribution is 0.0775. The van der Waals surface area contributed by atoms with Crippen molar-refractivity contribution >= 4 is 18.3 Å². The molecule has 2 N–H and O–H groups in total. The molecule has 1 amide bonds. The minimum atomic E-state index is -1.68. The van der Waals surface area contributed by atoms with Crippen LogP contribution in [0.3, 0.4) is 0 Å². The minimum absolute atomic E-state index is 0. The van der Waals surface area contributed by atoms with E-state index in [1.165, 1.54) is 4.90 Å². The number of hydrogen-bond donors (Lipinski definition) is 2. The molecule has 4 nitrogen and oxygen atoms in total. The van der Waals surface area contributed by atoms with E-state index in [4.69, 9.17) is 5.11 Å². The summed E-state index contributed by atoms with van der Waals surface area (Å²) in [7, 11) is 0. The normalized spacial score (nSPS) is 23.9. The van der Waals surface area contributed by atoms with Gasteiger partial charge in [-0.25, -0.2) is 8.78 Å². The number of nitrogens with one attached hydrogen (secondary N) is 1. The van der Waals surface area contributed by atoms with E-state index < -0.39 is 34.7 Å². The van der Waals surface area contributed by atoms with E-state index in [9.17, 15) is 18.0 Å². The molecule has 0 unspecified atom stereocenters. The topological polar surface area (TPSA) is 52.6 Å². The standard InChI is InChI=1S/C13H13F3N2O2.ClH/c14-9-1-8(10(15)12(19)11(9)16)13(20)18-4-6-2-17-3-7(6)5-18;/h1,6-7,17,19H,2-5H2;1H/t6-,7+;. The Hall–Kier alpha value is -1.47. The number of amides is 1. The summed E-state index contributed by atoms with van der Waals surface area (Å²) in [6, 6.07) is 0.499. The Morgan fingerprint density at radius 1 is 1.19 bits per heavy atom. The molecule has 2 atom stereocenters. The number of phenols is 1. The summed E-state index contributed by atoms with van der Waals surface area (Å²) in [6.07, 6.45) is 0. The Bertz CT molecular complexity index is 573. The number of carbonyl (C=O) groups is 1. The van der Waals surface area contributed by atoms with Crippen LogP contribution in [0.1, 0.15) is 10.4 Å². The van der Waals surface area contributed by atoms with Crippen molar-refractivity contribution in [3.05, 3.63) is 29.1 Å². The molecule has 2 saturated heterocycles. The van der Waals surface area contributed by atoms with E-state index in [1.807, 2.05) is 0 Å². The highest BCUT2D eigenvalue weighted by molar-refractivity contribution is 5.95. The van der Waals surface area contributed by atoms with Crippen molar-refractivity contribution in [3.63, 3.8) is 0 Å². The zero-order valence-electron chi connectivity index (χ0n) is 10.9. The highest BCUT2D eigenvalue weighted by Gasteiger charge is 2.39. The Kier molecular flexibility index (Phi) is 4.34. The van der Waals surface area contributed by atoms with Crippen molar-refractivity contribution in [2.45, 2.75) is 0 Å². The molecule has 3 rings (SSSR count). The van der Waals surface area contributed by atoms with Crippen molar-refractivity contribution in [2.75, 3.05) is 26.2 Å². The fraction of sp³-hybridized carbons (Fsp3) is 0.462. The maximum Gasteiger partial charge on any atom is 0.257 e. The fourth-order valence-corrected chi connectivity index (χ4v) is 2.94. The Labute approximate surface area is 125 Å². The molecule has 116 valence electrons. The van der Waals surface area contributed by atoms with Gasteiger partial charge in [-0.2, -0.15) is 4.39 Å². The van der Waals surface area contributed by atoms with Gasteiger partial charge in [-0.3, -0.25) is 4.79 Å². The first-order valence-electron chi connectivity index (χ1n) is 6.35. The predicted molar refractivity (Wildman–Crippen MR) is 71.0 cm³/mol. The SMILES string of the molecule is Cl.O=C(c1cc(F)c(F)c(O)c1F)N1C[C@H]2CNC[C@H]2C1. The average Bonchev–Trinajstić information content (AvgIpc) is 3.00. The summed E-state index contributed by atoms with van der Waals surface area (Å²) in [5.74, 6) is -6.08. The molecule has 2 fully saturated rings. The number of halogens is 4. The van der Waals surface area contributed by atoms with Crippen molar-refractivity contribution in [2.24, 2.45) is 11.8 Å². The largest absolute Gasteiger partial charge is 0.503 e. The van der Waals surface area contributed by atoms with Gasteiger partial charge in [0.25, 0.3) is 5.91 Å². The molecular formula is C13H14ClF3N2O2. The number of carbonyl (C=O) groups excluding carboxylic acids is 1. The lowest BCUT2D eigenvalue weighted by atomic mass is 10.0. The number of aromatic hydroxyl groups is 1. The van der Waals surface area contributed by atoms with Gasteiger partial charge in [0.2, 0.25) is 5.82 Å². The first-order valence-corrected chi connectivity index (χ1v) is 6.35. The lowest BCUT2D eigenvalue weighted by Gasteiger charge is -2.18. The quantitative estimate of drug-likeness (QED) is 0.771. The summed E-state index contributed by atoms with van der Waals surface area (Å²) in [4.78, 5) is 13.6. The highest BCUT2D eigenvalue weighted by Crippen LogP contribution is 2.30. The van der Waals surface area contributed by atoms with E-state index in [-0.39, 0.29) is 12.4 Å². The minimum Gasteiger partial charge on any atom is -0.503 e. The molecule has 0 aromatic heterocycles. The third-order valence-electron chi connectivity index (χ3n) is 4.04. The maximum atomic E-state index is 13.7. The molecule has 8 heteroatoms. The number of rotatable bonds is 1.